The average molecular weight is 284 g/mol. The largest absolute Gasteiger partial charge is 0.289 e. The monoisotopic (exact) mass is 284 g/mol. The number of ketones is 1. The highest BCUT2D eigenvalue weighted by atomic mass is 16.1. The van der Waals surface area contributed by atoms with Gasteiger partial charge in [-0.3, -0.25) is 4.79 Å². The van der Waals surface area contributed by atoms with Crippen LogP contribution >= 0.6 is 0 Å². The van der Waals surface area contributed by atoms with Gasteiger partial charge in [-0.25, -0.2) is 0 Å². The minimum atomic E-state index is 0.0602. The minimum Gasteiger partial charge on any atom is -0.289 e. The zero-order valence-electron chi connectivity index (χ0n) is 12.1. The smallest absolute Gasteiger partial charge is 0.193 e. The van der Waals surface area contributed by atoms with E-state index in [4.69, 9.17) is 0 Å². The van der Waals surface area contributed by atoms with Crippen LogP contribution in [0.5, 0.6) is 0 Å². The number of rotatable bonds is 3. The van der Waals surface area contributed by atoms with E-state index >= 15 is 0 Å². The number of hydrogen-bond donors (Lipinski definition) is 0. The SMILES string of the molecule is C#C.O=C(c1ccccc1)c1ccccc1-c1ccccc1. The molecular formula is C21H16O. The molecule has 0 aliphatic rings. The van der Waals surface area contributed by atoms with Crippen molar-refractivity contribution in [2.24, 2.45) is 0 Å². The lowest BCUT2D eigenvalue weighted by molar-refractivity contribution is 0.103. The number of terminal acetylenes is 1. The maximum Gasteiger partial charge on any atom is 0.193 e. The van der Waals surface area contributed by atoms with Gasteiger partial charge in [0, 0.05) is 11.1 Å². The quantitative estimate of drug-likeness (QED) is 0.497. The zero-order valence-corrected chi connectivity index (χ0v) is 12.1. The molecule has 0 unspecified atom stereocenters. The number of benzene rings is 3. The van der Waals surface area contributed by atoms with Crippen molar-refractivity contribution in [3.8, 4) is 24.0 Å². The highest BCUT2D eigenvalue weighted by molar-refractivity contribution is 6.12. The summed E-state index contributed by atoms with van der Waals surface area (Å²) in [6.07, 6.45) is 8.00. The van der Waals surface area contributed by atoms with Crippen molar-refractivity contribution in [1.29, 1.82) is 0 Å². The molecule has 0 aliphatic carbocycles. The number of hydrogen-bond acceptors (Lipinski definition) is 1. The van der Waals surface area contributed by atoms with Crippen LogP contribution in [-0.4, -0.2) is 5.78 Å². The standard InChI is InChI=1S/C19H14O.C2H2/c20-19(16-11-5-2-6-12-16)18-14-8-7-13-17(18)15-9-3-1-4-10-15;1-2/h1-14H;1-2H. The lowest BCUT2D eigenvalue weighted by atomic mass is 9.94. The summed E-state index contributed by atoms with van der Waals surface area (Å²) in [5, 5.41) is 0. The van der Waals surface area contributed by atoms with Crippen molar-refractivity contribution < 1.29 is 4.79 Å². The van der Waals surface area contributed by atoms with Gasteiger partial charge in [-0.15, -0.1) is 12.8 Å². The summed E-state index contributed by atoms with van der Waals surface area (Å²) in [7, 11) is 0. The Balaban J connectivity index is 0.000000847. The summed E-state index contributed by atoms with van der Waals surface area (Å²) in [5.74, 6) is 0.0602. The molecule has 0 spiro atoms. The van der Waals surface area contributed by atoms with Crippen molar-refractivity contribution in [1.82, 2.24) is 0 Å². The molecule has 0 aromatic heterocycles. The lowest BCUT2D eigenvalue weighted by Gasteiger charge is -2.09. The van der Waals surface area contributed by atoms with Gasteiger partial charge in [-0.05, 0) is 11.1 Å². The Bertz CT molecular complexity index is 755. The Morgan fingerprint density at radius 3 is 1.77 bits per heavy atom. The Morgan fingerprint density at radius 2 is 1.14 bits per heavy atom. The molecule has 3 aromatic rings. The summed E-state index contributed by atoms with van der Waals surface area (Å²) >= 11 is 0. The summed E-state index contributed by atoms with van der Waals surface area (Å²) in [5.41, 5.74) is 3.50. The van der Waals surface area contributed by atoms with Gasteiger partial charge in [-0.1, -0.05) is 84.9 Å². The Hall–Kier alpha value is -3.11. The van der Waals surface area contributed by atoms with E-state index in [9.17, 15) is 4.79 Å². The first-order valence-electron chi connectivity index (χ1n) is 6.94. The lowest BCUT2D eigenvalue weighted by Crippen LogP contribution is -2.03. The molecule has 0 heterocycles. The predicted molar refractivity (Wildman–Crippen MR) is 91.6 cm³/mol. The second kappa shape index (κ2) is 7.61. The van der Waals surface area contributed by atoms with Gasteiger partial charge in [0.1, 0.15) is 0 Å². The van der Waals surface area contributed by atoms with Crippen molar-refractivity contribution in [2.45, 2.75) is 0 Å². The van der Waals surface area contributed by atoms with Crippen LogP contribution in [0, 0.1) is 12.8 Å². The molecule has 0 saturated carbocycles. The maximum absolute atomic E-state index is 12.6. The minimum absolute atomic E-state index is 0.0602. The van der Waals surface area contributed by atoms with Gasteiger partial charge in [-0.2, -0.15) is 0 Å². The first-order valence-corrected chi connectivity index (χ1v) is 6.94. The fraction of sp³-hybridized carbons (Fsp3) is 0. The Kier molecular flexibility index (Phi) is 5.29. The molecule has 106 valence electrons. The average Bonchev–Trinajstić information content (AvgIpc) is 2.64. The van der Waals surface area contributed by atoms with E-state index in [1.807, 2.05) is 84.9 Å². The Morgan fingerprint density at radius 1 is 0.636 bits per heavy atom. The summed E-state index contributed by atoms with van der Waals surface area (Å²) in [6, 6.07) is 27.1. The van der Waals surface area contributed by atoms with Gasteiger partial charge >= 0.3 is 0 Å². The molecule has 0 fully saturated rings. The molecule has 1 nitrogen and oxygen atoms in total. The summed E-state index contributed by atoms with van der Waals surface area (Å²) < 4.78 is 0. The third kappa shape index (κ3) is 3.31. The van der Waals surface area contributed by atoms with Crippen LogP contribution in [0.25, 0.3) is 11.1 Å². The van der Waals surface area contributed by atoms with Gasteiger partial charge < -0.3 is 0 Å². The van der Waals surface area contributed by atoms with E-state index in [1.165, 1.54) is 0 Å². The molecule has 1 heteroatoms. The highest BCUT2D eigenvalue weighted by Gasteiger charge is 2.13. The first kappa shape index (κ1) is 15.3. The van der Waals surface area contributed by atoms with Crippen LogP contribution in [0.1, 0.15) is 15.9 Å². The maximum atomic E-state index is 12.6. The number of carbonyl (C=O) groups is 1. The molecule has 0 bridgehead atoms. The van der Waals surface area contributed by atoms with Gasteiger partial charge in [0.05, 0.1) is 0 Å². The van der Waals surface area contributed by atoms with Crippen LogP contribution < -0.4 is 0 Å². The molecular weight excluding hydrogens is 268 g/mol. The second-order valence-corrected chi connectivity index (χ2v) is 4.61. The zero-order chi connectivity index (χ0) is 15.8. The van der Waals surface area contributed by atoms with Crippen molar-refractivity contribution >= 4 is 5.78 Å². The van der Waals surface area contributed by atoms with Gasteiger partial charge in [0.15, 0.2) is 5.78 Å². The molecule has 3 aromatic carbocycles. The topological polar surface area (TPSA) is 17.1 Å². The molecule has 3 rings (SSSR count). The predicted octanol–water partition coefficient (Wildman–Crippen LogP) is 4.83. The fourth-order valence-electron chi connectivity index (χ4n) is 2.30. The molecule has 0 saturated heterocycles. The fourth-order valence-corrected chi connectivity index (χ4v) is 2.30. The van der Waals surface area contributed by atoms with E-state index in [0.717, 1.165) is 22.3 Å². The van der Waals surface area contributed by atoms with Gasteiger partial charge in [0.25, 0.3) is 0 Å². The molecule has 22 heavy (non-hydrogen) atoms. The molecule has 0 amide bonds. The molecule has 0 aliphatic heterocycles. The van der Waals surface area contributed by atoms with Crippen LogP contribution in [0.3, 0.4) is 0 Å². The summed E-state index contributed by atoms with van der Waals surface area (Å²) in [6.45, 7) is 0. The van der Waals surface area contributed by atoms with Gasteiger partial charge in [0.2, 0.25) is 0 Å². The number of carbonyl (C=O) groups excluding carboxylic acids is 1. The highest BCUT2D eigenvalue weighted by Crippen LogP contribution is 2.25. The van der Waals surface area contributed by atoms with E-state index in [2.05, 4.69) is 12.8 Å². The Labute approximate surface area is 131 Å². The van der Waals surface area contributed by atoms with Crippen molar-refractivity contribution in [2.75, 3.05) is 0 Å². The molecule has 0 radical (unpaired) electrons. The third-order valence-corrected chi connectivity index (χ3v) is 3.29. The van der Waals surface area contributed by atoms with Crippen LogP contribution in [0.15, 0.2) is 84.9 Å². The van der Waals surface area contributed by atoms with Crippen LogP contribution in [0.4, 0.5) is 0 Å². The van der Waals surface area contributed by atoms with Crippen molar-refractivity contribution in [3.05, 3.63) is 96.1 Å². The third-order valence-electron chi connectivity index (χ3n) is 3.29. The first-order chi connectivity index (χ1) is 10.9. The van der Waals surface area contributed by atoms with E-state index in [1.54, 1.807) is 0 Å². The summed E-state index contributed by atoms with van der Waals surface area (Å²) in [4.78, 5) is 12.6. The van der Waals surface area contributed by atoms with Crippen molar-refractivity contribution in [3.63, 3.8) is 0 Å². The molecule has 0 N–H and O–H groups in total. The van der Waals surface area contributed by atoms with E-state index in [-0.39, 0.29) is 5.78 Å². The van der Waals surface area contributed by atoms with Crippen LogP contribution in [0.2, 0.25) is 0 Å². The normalized spacial score (nSPS) is 9.36. The molecule has 0 atom stereocenters. The second-order valence-electron chi connectivity index (χ2n) is 4.61. The van der Waals surface area contributed by atoms with E-state index < -0.39 is 0 Å². The van der Waals surface area contributed by atoms with Crippen LogP contribution in [-0.2, 0) is 0 Å². The van der Waals surface area contributed by atoms with E-state index in [0.29, 0.717) is 0 Å².